The Morgan fingerprint density at radius 3 is 2.35 bits per heavy atom. The van der Waals surface area contributed by atoms with E-state index in [1.165, 1.54) is 0 Å². The third-order valence-corrected chi connectivity index (χ3v) is 19.9. The van der Waals surface area contributed by atoms with Crippen molar-refractivity contribution in [3.8, 4) is 22.7 Å². The lowest BCUT2D eigenvalue weighted by Gasteiger charge is -2.42. The van der Waals surface area contributed by atoms with Gasteiger partial charge in [0.25, 0.3) is 0 Å². The second-order valence-corrected chi connectivity index (χ2v) is 19.5. The van der Waals surface area contributed by atoms with Crippen LogP contribution in [0, 0.1) is 6.92 Å². The molecule has 210 valence electrons. The molecule has 7 nitrogen and oxygen atoms in total. The number of hydrogen-bond donors (Lipinski definition) is 0. The molecule has 40 heavy (non-hydrogen) atoms. The molecule has 11 heteroatoms. The van der Waals surface area contributed by atoms with Crippen LogP contribution in [0.1, 0.15) is 47.2 Å². The maximum atomic E-state index is 13.5. The van der Waals surface area contributed by atoms with Crippen LogP contribution in [0.25, 0.3) is 33.5 Å². The zero-order valence-electron chi connectivity index (χ0n) is 23.8. The summed E-state index contributed by atoms with van der Waals surface area (Å²) in [5.41, 5.74) is 5.63. The van der Waals surface area contributed by atoms with Gasteiger partial charge in [-0.2, -0.15) is 30.2 Å². The van der Waals surface area contributed by atoms with Gasteiger partial charge in [-0.1, -0.05) is 41.5 Å². The standard InChI is InChI=1S/C29H34F2N6OSSi/c1-17(2)40(18(3)4,19(5)6)39-21-9-10-27(38-29(30)31)26(13-21)37-25-14-24(33-15-22(25)20(7)35-37)23-16-34-36-12-8-11-32-28(23)36/h8-19,29H,1-7H3. The van der Waals surface area contributed by atoms with Crippen molar-refractivity contribution in [1.82, 2.24) is 29.4 Å². The fraction of sp³-hybridized carbons (Fsp3) is 0.379. The van der Waals surface area contributed by atoms with E-state index < -0.39 is 13.8 Å². The summed E-state index contributed by atoms with van der Waals surface area (Å²) in [6.45, 7) is 12.8. The number of rotatable bonds is 9. The quantitative estimate of drug-likeness (QED) is 0.163. The highest BCUT2D eigenvalue weighted by Crippen LogP contribution is 2.52. The van der Waals surface area contributed by atoms with Gasteiger partial charge in [0, 0.05) is 28.9 Å². The second kappa shape index (κ2) is 10.9. The van der Waals surface area contributed by atoms with Gasteiger partial charge in [-0.15, -0.1) is 0 Å². The molecule has 0 atom stereocenters. The number of nitrogens with zero attached hydrogens (tertiary/aromatic N) is 6. The molecule has 4 aromatic heterocycles. The molecule has 0 fully saturated rings. The molecule has 0 amide bonds. The van der Waals surface area contributed by atoms with E-state index in [0.29, 0.717) is 33.7 Å². The van der Waals surface area contributed by atoms with Crippen molar-refractivity contribution >= 4 is 35.0 Å². The van der Waals surface area contributed by atoms with Crippen LogP contribution in [0.4, 0.5) is 8.78 Å². The molecule has 0 aliphatic heterocycles. The van der Waals surface area contributed by atoms with Crippen LogP contribution in [0.2, 0.25) is 16.6 Å². The Balaban J connectivity index is 1.68. The van der Waals surface area contributed by atoms with Gasteiger partial charge in [0.15, 0.2) is 11.4 Å². The minimum atomic E-state index is -2.96. The van der Waals surface area contributed by atoms with Gasteiger partial charge in [0.2, 0.25) is 0 Å². The van der Waals surface area contributed by atoms with Gasteiger partial charge in [-0.05, 0) is 53.9 Å². The first-order valence-corrected chi connectivity index (χ1v) is 17.2. The van der Waals surface area contributed by atoms with E-state index >= 15 is 0 Å². The minimum Gasteiger partial charge on any atom is -0.433 e. The Labute approximate surface area is 237 Å². The summed E-state index contributed by atoms with van der Waals surface area (Å²) in [6.07, 6.45) is 7.02. The Morgan fingerprint density at radius 2 is 1.68 bits per heavy atom. The predicted octanol–water partition coefficient (Wildman–Crippen LogP) is 8.31. The van der Waals surface area contributed by atoms with Crippen LogP contribution in [0.15, 0.2) is 60.0 Å². The van der Waals surface area contributed by atoms with E-state index in [1.807, 2.05) is 48.6 Å². The van der Waals surface area contributed by atoms with Crippen molar-refractivity contribution in [2.24, 2.45) is 0 Å². The minimum absolute atomic E-state index is 0.0747. The normalized spacial score (nSPS) is 12.6. The van der Waals surface area contributed by atoms with Crippen LogP contribution in [0.3, 0.4) is 0 Å². The van der Waals surface area contributed by atoms with E-state index in [9.17, 15) is 8.78 Å². The summed E-state index contributed by atoms with van der Waals surface area (Å²) >= 11 is 1.93. The van der Waals surface area contributed by atoms with Gasteiger partial charge in [0.05, 0.1) is 28.7 Å². The number of pyridine rings is 1. The smallest absolute Gasteiger partial charge is 0.387 e. The maximum Gasteiger partial charge on any atom is 0.387 e. The third-order valence-electron chi connectivity index (χ3n) is 7.68. The third kappa shape index (κ3) is 4.89. The van der Waals surface area contributed by atoms with Crippen LogP contribution in [-0.2, 0) is 0 Å². The number of halogens is 2. The van der Waals surface area contributed by atoms with E-state index in [2.05, 4.69) is 56.6 Å². The first-order valence-electron chi connectivity index (χ1n) is 13.4. The molecule has 0 saturated heterocycles. The van der Waals surface area contributed by atoms with Crippen molar-refractivity contribution in [2.75, 3.05) is 0 Å². The fourth-order valence-electron chi connectivity index (χ4n) is 5.97. The van der Waals surface area contributed by atoms with Crippen LogP contribution in [0.5, 0.6) is 5.75 Å². The molecule has 0 spiro atoms. The van der Waals surface area contributed by atoms with Crippen LogP contribution in [-0.4, -0.2) is 43.2 Å². The summed E-state index contributed by atoms with van der Waals surface area (Å²) in [7, 11) is -1.89. The molecular formula is C29H34F2N6OSSi. The largest absolute Gasteiger partial charge is 0.433 e. The lowest BCUT2D eigenvalue weighted by Crippen LogP contribution is -2.40. The lowest BCUT2D eigenvalue weighted by atomic mass is 10.1. The zero-order chi connectivity index (χ0) is 28.8. The van der Waals surface area contributed by atoms with Crippen LogP contribution >= 0.6 is 11.2 Å². The summed E-state index contributed by atoms with van der Waals surface area (Å²) < 4.78 is 35.5. The summed E-state index contributed by atoms with van der Waals surface area (Å²) in [5, 5.41) is 9.98. The average Bonchev–Trinajstić information content (AvgIpc) is 3.48. The van der Waals surface area contributed by atoms with Crippen molar-refractivity contribution in [2.45, 2.75) is 76.6 Å². The molecule has 0 bridgehead atoms. The highest BCUT2D eigenvalue weighted by molar-refractivity contribution is 8.29. The Hall–Kier alpha value is -3.31. The number of aryl methyl sites for hydroxylation is 1. The second-order valence-electron chi connectivity index (χ2n) is 11.0. The fourth-order valence-corrected chi connectivity index (χ4v) is 15.1. The molecule has 0 saturated carbocycles. The first kappa shape index (κ1) is 28.2. The van der Waals surface area contributed by atoms with E-state index in [1.54, 1.807) is 33.9 Å². The van der Waals surface area contributed by atoms with E-state index in [0.717, 1.165) is 27.1 Å². The number of aromatic nitrogens is 6. The van der Waals surface area contributed by atoms with Gasteiger partial charge >= 0.3 is 6.61 Å². The van der Waals surface area contributed by atoms with Crippen molar-refractivity contribution in [1.29, 1.82) is 0 Å². The molecule has 5 aromatic rings. The molecule has 5 rings (SSSR count). The molecule has 0 N–H and O–H groups in total. The highest BCUT2D eigenvalue weighted by Gasteiger charge is 2.44. The predicted molar refractivity (Wildman–Crippen MR) is 159 cm³/mol. The highest BCUT2D eigenvalue weighted by atomic mass is 32.4. The van der Waals surface area contributed by atoms with Gasteiger partial charge in [-0.3, -0.25) is 4.98 Å². The zero-order valence-corrected chi connectivity index (χ0v) is 25.6. The molecular weight excluding hydrogens is 547 g/mol. The lowest BCUT2D eigenvalue weighted by molar-refractivity contribution is -0.0499. The number of hydrogen-bond acceptors (Lipinski definition) is 6. The average molecular weight is 581 g/mol. The Kier molecular flexibility index (Phi) is 7.71. The number of fused-ring (bicyclic) bond motifs is 2. The monoisotopic (exact) mass is 580 g/mol. The molecule has 1 aromatic carbocycles. The van der Waals surface area contributed by atoms with E-state index in [4.69, 9.17) is 9.84 Å². The first-order chi connectivity index (χ1) is 19.0. The van der Waals surface area contributed by atoms with Crippen LogP contribution < -0.4 is 4.74 Å². The molecule has 0 radical (unpaired) electrons. The van der Waals surface area contributed by atoms with Gasteiger partial charge < -0.3 is 4.74 Å². The maximum absolute atomic E-state index is 13.5. The molecule has 4 heterocycles. The summed E-state index contributed by atoms with van der Waals surface area (Å²) in [5.74, 6) is 0.0747. The van der Waals surface area contributed by atoms with Gasteiger partial charge in [-0.25, -0.2) is 14.2 Å². The Bertz CT molecular complexity index is 1640. The van der Waals surface area contributed by atoms with Crippen molar-refractivity contribution in [3.05, 3.63) is 60.8 Å². The Morgan fingerprint density at radius 1 is 0.950 bits per heavy atom. The summed E-state index contributed by atoms with van der Waals surface area (Å²) in [4.78, 5) is 10.1. The van der Waals surface area contributed by atoms with Crippen molar-refractivity contribution in [3.63, 3.8) is 0 Å². The molecule has 0 aliphatic rings. The number of alkyl halides is 2. The van der Waals surface area contributed by atoms with E-state index in [-0.39, 0.29) is 5.75 Å². The topological polar surface area (TPSA) is 70.1 Å². The molecule has 0 aliphatic carbocycles. The number of benzene rings is 1. The SMILES string of the molecule is Cc1nn(-c2cc(S[Si](C(C)C)(C(C)C)C(C)C)ccc2OC(F)F)c2cc(-c3cnn4cccnc34)ncc12. The molecule has 0 unspecified atom stereocenters. The van der Waals surface area contributed by atoms with Gasteiger partial charge in [0.1, 0.15) is 12.9 Å². The summed E-state index contributed by atoms with van der Waals surface area (Å²) in [6, 6.07) is 9.20. The number of ether oxygens (including phenoxy) is 1. The van der Waals surface area contributed by atoms with Crippen molar-refractivity contribution < 1.29 is 13.5 Å².